The zero-order chi connectivity index (χ0) is 43.8. The van der Waals surface area contributed by atoms with Gasteiger partial charge in [-0.05, 0) is 118 Å². The molecule has 5 aromatic rings. The van der Waals surface area contributed by atoms with E-state index in [9.17, 15) is 27.6 Å². The van der Waals surface area contributed by atoms with Crippen molar-refractivity contribution >= 4 is 72.6 Å². The molecule has 2 saturated carbocycles. The fraction of sp³-hybridized carbons (Fsp3) is 0.522. The van der Waals surface area contributed by atoms with Crippen LogP contribution in [0.15, 0.2) is 63.1 Å². The van der Waals surface area contributed by atoms with Crippen LogP contribution in [0.3, 0.4) is 0 Å². The predicted octanol–water partition coefficient (Wildman–Crippen LogP) is 6.18. The van der Waals surface area contributed by atoms with Crippen molar-refractivity contribution in [1.29, 1.82) is 0 Å². The second kappa shape index (κ2) is 16.2. The molecule has 2 aromatic carbocycles. The van der Waals surface area contributed by atoms with E-state index in [1.54, 1.807) is 51.2 Å². The number of pyridine rings is 1. The summed E-state index contributed by atoms with van der Waals surface area (Å²) < 4.78 is 32.9. The Kier molecular flexibility index (Phi) is 10.8. The Morgan fingerprint density at radius 3 is 2.38 bits per heavy atom. The predicted molar refractivity (Wildman–Crippen MR) is 243 cm³/mol. The maximum atomic E-state index is 14.0. The van der Waals surface area contributed by atoms with Gasteiger partial charge in [0.05, 0.1) is 26.9 Å². The highest BCUT2D eigenvalue weighted by Crippen LogP contribution is 2.47. The van der Waals surface area contributed by atoms with Crippen LogP contribution >= 0.6 is 11.6 Å². The first-order chi connectivity index (χ1) is 30.3. The monoisotopic (exact) mass is 895 g/mol. The summed E-state index contributed by atoms with van der Waals surface area (Å²) in [7, 11) is -1.78. The van der Waals surface area contributed by atoms with Crippen molar-refractivity contribution in [2.75, 3.05) is 42.9 Å². The number of imidazole rings is 1. The van der Waals surface area contributed by atoms with E-state index >= 15 is 0 Å². The summed E-state index contributed by atoms with van der Waals surface area (Å²) in [6, 6.07) is 12.0. The number of hydrogen-bond acceptors (Lipinski definition) is 11. The summed E-state index contributed by atoms with van der Waals surface area (Å²) in [5.74, 6) is 0.146. The number of likely N-dealkylation sites (tertiary alicyclic amines) is 1. The molecule has 0 radical (unpaired) electrons. The fourth-order valence-corrected chi connectivity index (χ4v) is 13.4. The number of halogens is 1. The topological polar surface area (TPSA) is 174 Å². The van der Waals surface area contributed by atoms with Crippen LogP contribution in [0.2, 0.25) is 5.02 Å². The van der Waals surface area contributed by atoms with Crippen molar-refractivity contribution in [2.24, 2.45) is 18.4 Å². The van der Waals surface area contributed by atoms with Gasteiger partial charge < -0.3 is 15.1 Å². The second-order valence-electron chi connectivity index (χ2n) is 18.8. The van der Waals surface area contributed by atoms with E-state index in [2.05, 4.69) is 31.5 Å². The number of hydrogen-bond donors (Lipinski definition) is 2. The maximum absolute atomic E-state index is 14.0. The van der Waals surface area contributed by atoms with E-state index in [0.717, 1.165) is 101 Å². The number of para-hydroxylation sites is 1. The highest BCUT2D eigenvalue weighted by atomic mass is 35.5. The van der Waals surface area contributed by atoms with Crippen LogP contribution in [0.5, 0.6) is 0 Å². The number of aryl methyl sites for hydroxylation is 2. The fourth-order valence-electron chi connectivity index (χ4n) is 11.4. The molecule has 15 nitrogen and oxygen atoms in total. The van der Waals surface area contributed by atoms with Gasteiger partial charge in [0.2, 0.25) is 17.8 Å². The van der Waals surface area contributed by atoms with E-state index in [1.165, 1.54) is 0 Å². The Morgan fingerprint density at radius 1 is 0.921 bits per heavy atom. The lowest BCUT2D eigenvalue weighted by atomic mass is 9.68. The van der Waals surface area contributed by atoms with Gasteiger partial charge in [-0.1, -0.05) is 30.5 Å². The Morgan fingerprint density at radius 2 is 1.67 bits per heavy atom. The van der Waals surface area contributed by atoms with Gasteiger partial charge in [0, 0.05) is 69.5 Å². The molecule has 2 N–H and O–H groups in total. The van der Waals surface area contributed by atoms with Gasteiger partial charge in [-0.3, -0.25) is 33.4 Å². The SMILES string of the molecule is Cc1cc(S(=O)(=O)C2CCC3(CC2)CN(CC2CCN(c4cccc5c4n(C)c(=O)n5C4CCC(=O)NC4=O)CC2)C3)ccc1Nc1ncc2cc(Cl)c(=O)n(C3CCCC3)c2n1. The summed E-state index contributed by atoms with van der Waals surface area (Å²) in [6.45, 7) is 6.67. The number of imide groups is 1. The number of fused-ring (bicyclic) bond motifs is 2. The molecule has 10 rings (SSSR count). The molecule has 5 aliphatic rings. The van der Waals surface area contributed by atoms with Crippen molar-refractivity contribution in [2.45, 2.75) is 106 Å². The van der Waals surface area contributed by atoms with Crippen LogP contribution in [-0.2, 0) is 26.5 Å². The van der Waals surface area contributed by atoms with Gasteiger partial charge in [-0.2, -0.15) is 4.98 Å². The Bertz CT molecular complexity index is 2880. The van der Waals surface area contributed by atoms with Crippen molar-refractivity contribution in [1.82, 2.24) is 33.9 Å². The van der Waals surface area contributed by atoms with Gasteiger partial charge in [-0.25, -0.2) is 18.2 Å². The average molecular weight is 897 g/mol. The van der Waals surface area contributed by atoms with Gasteiger partial charge in [-0.15, -0.1) is 0 Å². The van der Waals surface area contributed by atoms with Gasteiger partial charge >= 0.3 is 5.69 Å². The lowest BCUT2D eigenvalue weighted by Gasteiger charge is -2.54. The van der Waals surface area contributed by atoms with Gasteiger partial charge in [0.1, 0.15) is 16.7 Å². The number of nitrogens with zero attached hydrogens (tertiary/aromatic N) is 7. The lowest BCUT2D eigenvalue weighted by Crippen LogP contribution is -2.59. The van der Waals surface area contributed by atoms with Gasteiger partial charge in [0.25, 0.3) is 5.56 Å². The summed E-state index contributed by atoms with van der Waals surface area (Å²) in [6.07, 6.45) is 11.3. The molecule has 1 spiro atoms. The summed E-state index contributed by atoms with van der Waals surface area (Å²) >= 11 is 6.31. The Balaban J connectivity index is 0.731. The van der Waals surface area contributed by atoms with E-state index < -0.39 is 27.0 Å². The molecule has 3 saturated heterocycles. The van der Waals surface area contributed by atoms with E-state index in [-0.39, 0.29) is 40.1 Å². The molecular weight excluding hydrogens is 842 g/mol. The number of aromatic nitrogens is 5. The Labute approximate surface area is 370 Å². The van der Waals surface area contributed by atoms with Crippen LogP contribution in [0.1, 0.15) is 94.7 Å². The molecule has 63 heavy (non-hydrogen) atoms. The number of carbonyl (C=O) groups is 2. The summed E-state index contributed by atoms with van der Waals surface area (Å²) in [5, 5.41) is 6.10. The maximum Gasteiger partial charge on any atom is 0.329 e. The van der Waals surface area contributed by atoms with Crippen LogP contribution in [0.25, 0.3) is 22.1 Å². The molecule has 1 unspecified atom stereocenters. The number of sulfone groups is 1. The minimum Gasteiger partial charge on any atom is -0.370 e. The standard InChI is InChI=1S/C46H54ClN9O6S/c1-28-22-33(10-11-35(28)49-44-48-24-30-23-34(47)43(59)55(41(30)51-44)31-6-3-4-7-31)63(61,62)32-14-18-46(19-15-32)26-53(27-46)25-29-16-20-54(21-17-29)36-8-5-9-37-40(36)52(2)45(60)56(37)38-12-13-39(57)50-42(38)58/h5,8-11,22-24,29,31-32,38H,3-4,6-7,12-21,25-27H2,1-2H3,(H,48,49,51)(H,50,57,58). The largest absolute Gasteiger partial charge is 0.370 e. The van der Waals surface area contributed by atoms with E-state index in [0.29, 0.717) is 58.3 Å². The van der Waals surface area contributed by atoms with Crippen molar-refractivity contribution in [3.05, 3.63) is 80.1 Å². The molecule has 2 aliphatic carbocycles. The zero-order valence-electron chi connectivity index (χ0n) is 35.8. The normalized spacial score (nSPS) is 21.7. The molecule has 17 heteroatoms. The summed E-state index contributed by atoms with van der Waals surface area (Å²) in [4.78, 5) is 65.6. The number of carbonyl (C=O) groups excluding carboxylic acids is 2. The molecule has 1 atom stereocenters. The van der Waals surface area contributed by atoms with Crippen LogP contribution in [0.4, 0.5) is 17.3 Å². The highest BCUT2D eigenvalue weighted by molar-refractivity contribution is 7.92. The molecule has 3 aromatic heterocycles. The first-order valence-electron chi connectivity index (χ1n) is 22.5. The number of nitrogens with one attached hydrogen (secondary N) is 2. The first kappa shape index (κ1) is 41.9. The molecule has 2 amide bonds. The molecule has 6 heterocycles. The third kappa shape index (κ3) is 7.54. The number of piperidine rings is 2. The highest BCUT2D eigenvalue weighted by Gasteiger charge is 2.47. The molecule has 3 aliphatic heterocycles. The van der Waals surface area contributed by atoms with Crippen LogP contribution in [-0.4, -0.2) is 86.8 Å². The zero-order valence-corrected chi connectivity index (χ0v) is 37.4. The molecule has 332 valence electrons. The van der Waals surface area contributed by atoms with Crippen molar-refractivity contribution < 1.29 is 18.0 Å². The van der Waals surface area contributed by atoms with Gasteiger partial charge in [0.15, 0.2) is 9.84 Å². The third-order valence-electron chi connectivity index (χ3n) is 14.8. The van der Waals surface area contributed by atoms with E-state index in [1.807, 2.05) is 19.1 Å². The Hall–Kier alpha value is -5.06. The van der Waals surface area contributed by atoms with E-state index in [4.69, 9.17) is 16.6 Å². The average Bonchev–Trinajstić information content (AvgIpc) is 3.88. The minimum atomic E-state index is -3.53. The number of benzene rings is 2. The quantitative estimate of drug-likeness (QED) is 0.162. The van der Waals surface area contributed by atoms with Crippen LogP contribution < -0.4 is 26.8 Å². The summed E-state index contributed by atoms with van der Waals surface area (Å²) in [5.41, 5.74) is 4.20. The number of amides is 2. The lowest BCUT2D eigenvalue weighted by molar-refractivity contribution is -0.135. The van der Waals surface area contributed by atoms with Crippen molar-refractivity contribution in [3.63, 3.8) is 0 Å². The minimum absolute atomic E-state index is 0.0481. The molecule has 0 bridgehead atoms. The first-order valence-corrected chi connectivity index (χ1v) is 24.4. The molecular formula is C46H54ClN9O6S. The smallest absolute Gasteiger partial charge is 0.329 e. The van der Waals surface area contributed by atoms with Crippen molar-refractivity contribution in [3.8, 4) is 0 Å². The third-order valence-corrected chi connectivity index (χ3v) is 17.3. The molecule has 5 fully saturated rings. The number of anilines is 3. The second-order valence-corrected chi connectivity index (χ2v) is 21.5. The number of rotatable bonds is 9. The van der Waals surface area contributed by atoms with Crippen LogP contribution in [0, 0.1) is 18.3 Å².